The van der Waals surface area contributed by atoms with Crippen LogP contribution < -0.4 is 10.1 Å². The molecule has 0 bridgehead atoms. The lowest BCUT2D eigenvalue weighted by atomic mass is 10.2. The van der Waals surface area contributed by atoms with Gasteiger partial charge in [-0.1, -0.05) is 30.3 Å². The van der Waals surface area contributed by atoms with Gasteiger partial charge in [0.2, 0.25) is 5.91 Å². The SMILES string of the molecule is COc1cc([N+](=O)[O-])ccc1NC(=O)Cn1nnnc1-c1ccccc1. The van der Waals surface area contributed by atoms with Crippen LogP contribution in [0.4, 0.5) is 11.4 Å². The topological polar surface area (TPSA) is 125 Å². The monoisotopic (exact) mass is 354 g/mol. The van der Waals surface area contributed by atoms with Crippen LogP contribution in [0.5, 0.6) is 5.75 Å². The van der Waals surface area contributed by atoms with Gasteiger partial charge in [-0.2, -0.15) is 0 Å². The van der Waals surface area contributed by atoms with E-state index in [1.54, 1.807) is 0 Å². The summed E-state index contributed by atoms with van der Waals surface area (Å²) < 4.78 is 6.46. The first-order valence-electron chi connectivity index (χ1n) is 7.52. The average molecular weight is 354 g/mol. The summed E-state index contributed by atoms with van der Waals surface area (Å²) in [6.45, 7) is -0.128. The van der Waals surface area contributed by atoms with Crippen LogP contribution >= 0.6 is 0 Å². The highest BCUT2D eigenvalue weighted by atomic mass is 16.6. The lowest BCUT2D eigenvalue weighted by molar-refractivity contribution is -0.384. The van der Waals surface area contributed by atoms with E-state index in [9.17, 15) is 14.9 Å². The van der Waals surface area contributed by atoms with E-state index in [0.717, 1.165) is 5.56 Å². The highest BCUT2D eigenvalue weighted by molar-refractivity contribution is 5.92. The number of amides is 1. The number of nitro groups is 1. The summed E-state index contributed by atoms with van der Waals surface area (Å²) >= 11 is 0. The molecule has 3 rings (SSSR count). The summed E-state index contributed by atoms with van der Waals surface area (Å²) in [6.07, 6.45) is 0. The molecule has 0 atom stereocenters. The molecule has 0 radical (unpaired) electrons. The third-order valence-corrected chi connectivity index (χ3v) is 3.53. The van der Waals surface area contributed by atoms with E-state index in [2.05, 4.69) is 20.8 Å². The molecular formula is C16H14N6O4. The van der Waals surface area contributed by atoms with Crippen molar-refractivity contribution >= 4 is 17.3 Å². The van der Waals surface area contributed by atoms with Crippen molar-refractivity contribution in [3.8, 4) is 17.1 Å². The highest BCUT2D eigenvalue weighted by Gasteiger charge is 2.16. The summed E-state index contributed by atoms with van der Waals surface area (Å²) in [7, 11) is 1.36. The molecule has 0 spiro atoms. The van der Waals surface area contributed by atoms with Crippen LogP contribution in [0.25, 0.3) is 11.4 Å². The Labute approximate surface area is 147 Å². The standard InChI is InChI=1S/C16H14N6O4/c1-26-14-9-12(22(24)25)7-8-13(14)17-15(23)10-21-16(18-19-20-21)11-5-3-2-4-6-11/h2-9H,10H2,1H3,(H,17,23). The Morgan fingerprint density at radius 3 is 2.73 bits per heavy atom. The van der Waals surface area contributed by atoms with Crippen LogP contribution in [0.15, 0.2) is 48.5 Å². The number of hydrogen-bond acceptors (Lipinski definition) is 7. The molecule has 0 unspecified atom stereocenters. The van der Waals surface area contributed by atoms with Gasteiger partial charge >= 0.3 is 0 Å². The van der Waals surface area contributed by atoms with E-state index >= 15 is 0 Å². The number of hydrogen-bond donors (Lipinski definition) is 1. The first-order chi connectivity index (χ1) is 12.6. The molecule has 0 aliphatic rings. The molecule has 10 nitrogen and oxygen atoms in total. The number of anilines is 1. The van der Waals surface area contributed by atoms with Gasteiger partial charge in [-0.15, -0.1) is 5.10 Å². The van der Waals surface area contributed by atoms with Gasteiger partial charge in [0, 0.05) is 11.6 Å². The summed E-state index contributed by atoms with van der Waals surface area (Å²) in [5, 5.41) is 24.8. The van der Waals surface area contributed by atoms with Gasteiger partial charge in [-0.25, -0.2) is 4.68 Å². The predicted octanol–water partition coefficient (Wildman–Crippen LogP) is 1.90. The Hall–Kier alpha value is -3.82. The lowest BCUT2D eigenvalue weighted by Gasteiger charge is -2.10. The maximum atomic E-state index is 12.3. The molecule has 0 saturated heterocycles. The van der Waals surface area contributed by atoms with Crippen molar-refractivity contribution < 1.29 is 14.5 Å². The third-order valence-electron chi connectivity index (χ3n) is 3.53. The van der Waals surface area contributed by atoms with Crippen molar-refractivity contribution in [3.05, 3.63) is 58.6 Å². The van der Waals surface area contributed by atoms with E-state index in [-0.39, 0.29) is 18.0 Å². The largest absolute Gasteiger partial charge is 0.494 e. The predicted molar refractivity (Wildman–Crippen MR) is 91.5 cm³/mol. The second-order valence-electron chi connectivity index (χ2n) is 5.22. The number of nitrogens with one attached hydrogen (secondary N) is 1. The molecule has 0 aliphatic carbocycles. The zero-order valence-corrected chi connectivity index (χ0v) is 13.7. The van der Waals surface area contributed by atoms with Crippen LogP contribution in [0.3, 0.4) is 0 Å². The summed E-state index contributed by atoms with van der Waals surface area (Å²) in [5.41, 5.74) is 0.961. The van der Waals surface area contributed by atoms with E-state index in [1.807, 2.05) is 30.3 Å². The molecule has 2 aromatic carbocycles. The van der Waals surface area contributed by atoms with Gasteiger partial charge < -0.3 is 10.1 Å². The van der Waals surface area contributed by atoms with Gasteiger partial charge in [-0.3, -0.25) is 14.9 Å². The van der Waals surface area contributed by atoms with Crippen LogP contribution in [0, 0.1) is 10.1 Å². The summed E-state index contributed by atoms with van der Waals surface area (Å²) in [4.78, 5) is 22.6. The molecule has 1 N–H and O–H groups in total. The van der Waals surface area contributed by atoms with Crippen molar-refractivity contribution in [2.75, 3.05) is 12.4 Å². The lowest BCUT2D eigenvalue weighted by Crippen LogP contribution is -2.20. The van der Waals surface area contributed by atoms with Crippen LogP contribution in [0.2, 0.25) is 0 Å². The van der Waals surface area contributed by atoms with Gasteiger partial charge in [0.1, 0.15) is 12.3 Å². The third kappa shape index (κ3) is 3.64. The molecule has 1 aromatic heterocycles. The molecule has 0 aliphatic heterocycles. The van der Waals surface area contributed by atoms with Crippen molar-refractivity contribution in [1.29, 1.82) is 0 Å². The van der Waals surface area contributed by atoms with E-state index in [0.29, 0.717) is 11.5 Å². The Kier molecular flexibility index (Phi) is 4.83. The van der Waals surface area contributed by atoms with Gasteiger partial charge in [-0.05, 0) is 16.5 Å². The number of methoxy groups -OCH3 is 1. The number of nitro benzene ring substituents is 1. The Balaban J connectivity index is 1.77. The number of tetrazole rings is 1. The molecule has 1 amide bonds. The minimum Gasteiger partial charge on any atom is -0.494 e. The molecule has 132 valence electrons. The normalized spacial score (nSPS) is 10.3. The fraction of sp³-hybridized carbons (Fsp3) is 0.125. The van der Waals surface area contributed by atoms with Crippen molar-refractivity contribution in [2.45, 2.75) is 6.54 Å². The van der Waals surface area contributed by atoms with E-state index in [1.165, 1.54) is 30.0 Å². The molecular weight excluding hydrogens is 340 g/mol. The number of benzene rings is 2. The number of nitrogens with zero attached hydrogens (tertiary/aromatic N) is 5. The second-order valence-corrected chi connectivity index (χ2v) is 5.22. The first kappa shape index (κ1) is 17.0. The van der Waals surface area contributed by atoms with Crippen LogP contribution in [-0.4, -0.2) is 38.1 Å². The van der Waals surface area contributed by atoms with Crippen molar-refractivity contribution in [3.63, 3.8) is 0 Å². The molecule has 26 heavy (non-hydrogen) atoms. The number of ether oxygens (including phenoxy) is 1. The smallest absolute Gasteiger partial charge is 0.273 e. The number of carbonyl (C=O) groups is 1. The van der Waals surface area contributed by atoms with Crippen LogP contribution in [0.1, 0.15) is 0 Å². The minimum atomic E-state index is -0.540. The van der Waals surface area contributed by atoms with Gasteiger partial charge in [0.05, 0.1) is 23.8 Å². The van der Waals surface area contributed by atoms with Gasteiger partial charge in [0.25, 0.3) is 5.69 Å². The maximum Gasteiger partial charge on any atom is 0.273 e. The van der Waals surface area contributed by atoms with E-state index in [4.69, 9.17) is 4.74 Å². The Morgan fingerprint density at radius 1 is 1.27 bits per heavy atom. The Bertz CT molecular complexity index is 941. The van der Waals surface area contributed by atoms with E-state index < -0.39 is 10.8 Å². The van der Waals surface area contributed by atoms with Gasteiger partial charge in [0.15, 0.2) is 5.82 Å². The first-order valence-corrected chi connectivity index (χ1v) is 7.52. The zero-order chi connectivity index (χ0) is 18.5. The Morgan fingerprint density at radius 2 is 2.04 bits per heavy atom. The minimum absolute atomic E-state index is 0.128. The molecule has 1 heterocycles. The highest BCUT2D eigenvalue weighted by Crippen LogP contribution is 2.29. The zero-order valence-electron chi connectivity index (χ0n) is 13.7. The number of non-ortho nitro benzene ring substituents is 1. The average Bonchev–Trinajstić information content (AvgIpc) is 3.10. The quantitative estimate of drug-likeness (QED) is 0.529. The number of carbonyl (C=O) groups excluding carboxylic acids is 1. The fourth-order valence-corrected chi connectivity index (χ4v) is 2.33. The molecule has 3 aromatic rings. The number of aromatic nitrogens is 4. The maximum absolute atomic E-state index is 12.3. The van der Waals surface area contributed by atoms with Crippen LogP contribution in [-0.2, 0) is 11.3 Å². The van der Waals surface area contributed by atoms with Crippen molar-refractivity contribution in [2.24, 2.45) is 0 Å². The molecule has 0 fully saturated rings. The second kappa shape index (κ2) is 7.38. The summed E-state index contributed by atoms with van der Waals surface area (Å²) in [5.74, 6) is 0.241. The van der Waals surface area contributed by atoms with Crippen molar-refractivity contribution in [1.82, 2.24) is 20.2 Å². The summed E-state index contributed by atoms with van der Waals surface area (Å²) in [6, 6.07) is 13.1. The molecule has 0 saturated carbocycles. The number of rotatable bonds is 6. The fourth-order valence-electron chi connectivity index (χ4n) is 2.33. The molecule has 10 heteroatoms.